The lowest BCUT2D eigenvalue weighted by Gasteiger charge is -2.39. The maximum absolute atomic E-state index is 12.6. The first-order valence-corrected chi connectivity index (χ1v) is 11.8. The van der Waals surface area contributed by atoms with Gasteiger partial charge in [0.15, 0.2) is 0 Å². The summed E-state index contributed by atoms with van der Waals surface area (Å²) in [5.74, 6) is 0.996. The molecule has 31 heavy (non-hydrogen) atoms. The van der Waals surface area contributed by atoms with E-state index in [9.17, 15) is 9.90 Å². The molecule has 1 aliphatic rings. The molecule has 0 aliphatic carbocycles. The molecule has 1 saturated heterocycles. The van der Waals surface area contributed by atoms with Crippen molar-refractivity contribution in [3.63, 3.8) is 0 Å². The van der Waals surface area contributed by atoms with Crippen molar-refractivity contribution in [1.29, 1.82) is 0 Å². The number of carbonyl (C=O) groups is 1. The van der Waals surface area contributed by atoms with Gasteiger partial charge in [0, 0.05) is 36.8 Å². The molecule has 1 amide bonds. The lowest BCUT2D eigenvalue weighted by atomic mass is 9.87. The van der Waals surface area contributed by atoms with Crippen LogP contribution in [0.4, 0.5) is 5.69 Å². The highest BCUT2D eigenvalue weighted by Gasteiger charge is 2.33. The second-order valence-electron chi connectivity index (χ2n) is 8.74. The Bertz CT molecular complexity index is 844. The third kappa shape index (κ3) is 6.97. The van der Waals surface area contributed by atoms with Crippen molar-refractivity contribution >= 4 is 27.5 Å². The minimum Gasteiger partial charge on any atom is -0.491 e. The molecule has 1 fully saturated rings. The van der Waals surface area contributed by atoms with Crippen molar-refractivity contribution in [2.75, 3.05) is 31.6 Å². The van der Waals surface area contributed by atoms with Crippen LogP contribution in [0.2, 0.25) is 0 Å². The van der Waals surface area contributed by atoms with Gasteiger partial charge in [0.1, 0.15) is 5.75 Å². The van der Waals surface area contributed by atoms with Crippen LogP contribution in [0.3, 0.4) is 0 Å². The molecular weight excluding hydrogens is 456 g/mol. The topological polar surface area (TPSA) is 53.0 Å². The molecular formula is C25H33BrN2O3. The summed E-state index contributed by atoms with van der Waals surface area (Å²) in [4.78, 5) is 16.7. The number of anilines is 1. The van der Waals surface area contributed by atoms with E-state index in [1.807, 2.05) is 74.3 Å². The smallest absolute Gasteiger partial charge is 0.226 e. The number of likely N-dealkylation sites (tertiary alicyclic amines) is 1. The third-order valence-corrected chi connectivity index (χ3v) is 6.41. The lowest BCUT2D eigenvalue weighted by Crippen LogP contribution is -2.48. The average Bonchev–Trinajstić information content (AvgIpc) is 2.74. The van der Waals surface area contributed by atoms with Gasteiger partial charge < -0.3 is 19.6 Å². The Balaban J connectivity index is 1.45. The normalized spacial score (nSPS) is 15.7. The highest BCUT2D eigenvalue weighted by atomic mass is 79.9. The van der Waals surface area contributed by atoms with E-state index in [-0.39, 0.29) is 12.0 Å². The van der Waals surface area contributed by atoms with Gasteiger partial charge in [0.2, 0.25) is 5.91 Å². The molecule has 2 aromatic rings. The summed E-state index contributed by atoms with van der Waals surface area (Å²) < 4.78 is 6.71. The largest absolute Gasteiger partial charge is 0.491 e. The van der Waals surface area contributed by atoms with Gasteiger partial charge in [-0.25, -0.2) is 0 Å². The van der Waals surface area contributed by atoms with Gasteiger partial charge in [-0.05, 0) is 75.1 Å². The molecule has 0 unspecified atom stereocenters. The van der Waals surface area contributed by atoms with Crippen molar-refractivity contribution in [2.24, 2.45) is 0 Å². The van der Waals surface area contributed by atoms with Gasteiger partial charge >= 0.3 is 0 Å². The second-order valence-corrected chi connectivity index (χ2v) is 9.66. The van der Waals surface area contributed by atoms with Gasteiger partial charge in [-0.2, -0.15) is 0 Å². The summed E-state index contributed by atoms with van der Waals surface area (Å²) >= 11 is 3.42. The Kier molecular flexibility index (Phi) is 8.00. The van der Waals surface area contributed by atoms with Crippen molar-refractivity contribution in [3.8, 4) is 5.75 Å². The molecule has 1 heterocycles. The summed E-state index contributed by atoms with van der Waals surface area (Å²) in [6.45, 7) is 6.00. The zero-order valence-electron chi connectivity index (χ0n) is 18.7. The van der Waals surface area contributed by atoms with Crippen LogP contribution in [-0.2, 0) is 11.2 Å². The van der Waals surface area contributed by atoms with Gasteiger partial charge in [-0.1, -0.05) is 28.1 Å². The van der Waals surface area contributed by atoms with E-state index < -0.39 is 5.60 Å². The number of rotatable bonds is 8. The molecule has 0 bridgehead atoms. The number of nitrogens with zero attached hydrogens (tertiary/aromatic N) is 2. The molecule has 1 N–H and O–H groups in total. The van der Waals surface area contributed by atoms with Gasteiger partial charge in [-0.15, -0.1) is 0 Å². The molecule has 0 atom stereocenters. The predicted octanol–water partition coefficient (Wildman–Crippen LogP) is 4.66. The van der Waals surface area contributed by atoms with Crippen LogP contribution >= 0.6 is 15.9 Å². The number of halogens is 1. The number of amides is 1. The summed E-state index contributed by atoms with van der Waals surface area (Å²) in [5.41, 5.74) is 1.39. The van der Waals surface area contributed by atoms with Crippen LogP contribution in [-0.4, -0.2) is 54.3 Å². The Morgan fingerprint density at radius 2 is 1.74 bits per heavy atom. The third-order valence-electron chi connectivity index (χ3n) is 5.88. The van der Waals surface area contributed by atoms with Gasteiger partial charge in [-0.3, -0.25) is 4.79 Å². The van der Waals surface area contributed by atoms with Gasteiger partial charge in [0.05, 0.1) is 18.1 Å². The van der Waals surface area contributed by atoms with Crippen molar-refractivity contribution < 1.29 is 14.6 Å². The van der Waals surface area contributed by atoms with Crippen molar-refractivity contribution in [2.45, 2.75) is 51.2 Å². The zero-order chi connectivity index (χ0) is 22.4. The maximum atomic E-state index is 12.6. The van der Waals surface area contributed by atoms with Crippen LogP contribution in [0.5, 0.6) is 5.75 Å². The SMILES string of the molecule is CC(C)Oc1ccc(N(C)CCC2(O)CCN(C(=O)Cc3ccc(Br)cc3)CC2)cc1. The number of piperidine rings is 1. The predicted molar refractivity (Wildman–Crippen MR) is 129 cm³/mol. The van der Waals surface area contributed by atoms with Crippen LogP contribution in [0.25, 0.3) is 0 Å². The Hall–Kier alpha value is -2.05. The van der Waals surface area contributed by atoms with Crippen LogP contribution in [0.1, 0.15) is 38.7 Å². The quantitative estimate of drug-likeness (QED) is 0.586. The monoisotopic (exact) mass is 488 g/mol. The fraction of sp³-hybridized carbons (Fsp3) is 0.480. The van der Waals surface area contributed by atoms with E-state index in [0.29, 0.717) is 38.8 Å². The first-order chi connectivity index (χ1) is 14.7. The zero-order valence-corrected chi connectivity index (χ0v) is 20.3. The standard InChI is InChI=1S/C25H33BrN2O3/c1-19(2)31-23-10-8-22(9-11-23)27(3)15-12-25(30)13-16-28(17-14-25)24(29)18-20-4-6-21(26)7-5-20/h4-11,19,30H,12-18H2,1-3H3. The van der Waals surface area contributed by atoms with Crippen LogP contribution in [0, 0.1) is 0 Å². The molecule has 0 aromatic heterocycles. The number of aliphatic hydroxyl groups is 1. The highest BCUT2D eigenvalue weighted by molar-refractivity contribution is 9.10. The second kappa shape index (κ2) is 10.5. The van der Waals surface area contributed by atoms with Crippen molar-refractivity contribution in [1.82, 2.24) is 4.90 Å². The van der Waals surface area contributed by atoms with E-state index in [1.54, 1.807) is 0 Å². The molecule has 2 aromatic carbocycles. The average molecular weight is 489 g/mol. The summed E-state index contributed by atoms with van der Waals surface area (Å²) in [6.07, 6.45) is 2.49. The Morgan fingerprint density at radius 3 is 2.32 bits per heavy atom. The first kappa shape index (κ1) is 23.6. The van der Waals surface area contributed by atoms with Crippen LogP contribution < -0.4 is 9.64 Å². The lowest BCUT2D eigenvalue weighted by molar-refractivity contribution is -0.134. The minimum atomic E-state index is -0.719. The van der Waals surface area contributed by atoms with E-state index in [0.717, 1.165) is 28.0 Å². The van der Waals surface area contributed by atoms with Crippen LogP contribution in [0.15, 0.2) is 53.0 Å². The number of hydrogen-bond acceptors (Lipinski definition) is 4. The Morgan fingerprint density at radius 1 is 1.13 bits per heavy atom. The van der Waals surface area contributed by atoms with E-state index >= 15 is 0 Å². The molecule has 0 radical (unpaired) electrons. The first-order valence-electron chi connectivity index (χ1n) is 11.0. The fourth-order valence-electron chi connectivity index (χ4n) is 3.87. The van der Waals surface area contributed by atoms with Gasteiger partial charge in [0.25, 0.3) is 0 Å². The summed E-state index contributed by atoms with van der Waals surface area (Å²) in [7, 11) is 2.04. The number of carbonyl (C=O) groups excluding carboxylic acids is 1. The molecule has 5 nitrogen and oxygen atoms in total. The van der Waals surface area contributed by atoms with E-state index in [4.69, 9.17) is 4.74 Å². The fourth-order valence-corrected chi connectivity index (χ4v) is 4.13. The highest BCUT2D eigenvalue weighted by Crippen LogP contribution is 2.28. The molecule has 3 rings (SSSR count). The Labute approximate surface area is 194 Å². The maximum Gasteiger partial charge on any atom is 0.226 e. The van der Waals surface area contributed by atoms with E-state index in [1.165, 1.54) is 0 Å². The molecule has 0 saturated carbocycles. The molecule has 6 heteroatoms. The van der Waals surface area contributed by atoms with Crippen molar-refractivity contribution in [3.05, 3.63) is 58.6 Å². The summed E-state index contributed by atoms with van der Waals surface area (Å²) in [5, 5.41) is 11.0. The minimum absolute atomic E-state index is 0.130. The summed E-state index contributed by atoms with van der Waals surface area (Å²) in [6, 6.07) is 15.9. The number of benzene rings is 2. The number of hydrogen-bond donors (Lipinski definition) is 1. The number of ether oxygens (including phenoxy) is 1. The molecule has 1 aliphatic heterocycles. The molecule has 0 spiro atoms. The van der Waals surface area contributed by atoms with E-state index in [2.05, 4.69) is 20.8 Å². The molecule has 168 valence electrons.